The van der Waals surface area contributed by atoms with Gasteiger partial charge < -0.3 is 5.32 Å². The molecular formula is C19H14FN5O3S2. The van der Waals surface area contributed by atoms with Gasteiger partial charge in [-0.05, 0) is 36.4 Å². The number of aromatic nitrogens is 3. The lowest BCUT2D eigenvalue weighted by atomic mass is 10.2. The second-order valence-electron chi connectivity index (χ2n) is 6.12. The summed E-state index contributed by atoms with van der Waals surface area (Å²) in [5.74, 6) is -0.939. The minimum absolute atomic E-state index is 0.0550. The molecule has 0 aliphatic rings. The Kier molecular flexibility index (Phi) is 5.48. The number of nitrogens with one attached hydrogen (secondary N) is 2. The maximum atomic E-state index is 12.9. The number of nitrogens with zero attached hydrogens (tertiary/aromatic N) is 3. The first-order chi connectivity index (χ1) is 14.4. The van der Waals surface area contributed by atoms with Crippen molar-refractivity contribution < 1.29 is 17.6 Å². The van der Waals surface area contributed by atoms with Gasteiger partial charge in [0.15, 0.2) is 0 Å². The van der Waals surface area contributed by atoms with Crippen molar-refractivity contribution in [2.75, 3.05) is 5.32 Å². The van der Waals surface area contributed by atoms with Crippen LogP contribution in [0.3, 0.4) is 0 Å². The Morgan fingerprint density at radius 1 is 1.03 bits per heavy atom. The van der Waals surface area contributed by atoms with Gasteiger partial charge in [0.25, 0.3) is 5.91 Å². The molecule has 2 aromatic heterocycles. The Bertz CT molecular complexity index is 1320. The summed E-state index contributed by atoms with van der Waals surface area (Å²) in [4.78, 5) is 16.4. The van der Waals surface area contributed by atoms with Crippen LogP contribution in [0.2, 0.25) is 0 Å². The number of benzene rings is 2. The highest BCUT2D eigenvalue weighted by atomic mass is 32.2. The fourth-order valence-electron chi connectivity index (χ4n) is 2.66. The van der Waals surface area contributed by atoms with Gasteiger partial charge in [-0.3, -0.25) is 9.78 Å². The summed E-state index contributed by atoms with van der Waals surface area (Å²) in [5.41, 5.74) is 0.770. The van der Waals surface area contributed by atoms with Gasteiger partial charge in [-0.15, -0.1) is 10.2 Å². The van der Waals surface area contributed by atoms with Crippen LogP contribution < -0.4 is 10.0 Å². The summed E-state index contributed by atoms with van der Waals surface area (Å²) in [6.07, 6.45) is 1.53. The summed E-state index contributed by atoms with van der Waals surface area (Å²) in [6.45, 7) is -0.132. The van der Waals surface area contributed by atoms with Gasteiger partial charge in [-0.25, -0.2) is 17.5 Å². The van der Waals surface area contributed by atoms with Gasteiger partial charge in [0.2, 0.25) is 15.0 Å². The topological polar surface area (TPSA) is 114 Å². The Hall–Kier alpha value is -3.28. The number of carbonyl (C=O) groups is 1. The third kappa shape index (κ3) is 4.32. The Balaban J connectivity index is 1.46. The van der Waals surface area contributed by atoms with Crippen molar-refractivity contribution in [3.63, 3.8) is 0 Å². The van der Waals surface area contributed by atoms with E-state index in [1.165, 1.54) is 36.5 Å². The summed E-state index contributed by atoms with van der Waals surface area (Å²) < 4.78 is 40.9. The maximum absolute atomic E-state index is 12.9. The molecule has 0 fully saturated rings. The van der Waals surface area contributed by atoms with E-state index in [1.54, 1.807) is 24.3 Å². The predicted octanol–water partition coefficient (Wildman–Crippen LogP) is 2.96. The number of para-hydroxylation sites is 1. The molecule has 2 N–H and O–H groups in total. The SMILES string of the molecule is O=C(Nc1ccc(F)cc1)c1nnc(CNS(=O)(=O)c2cccc3cccnc23)s1. The summed E-state index contributed by atoms with van der Waals surface area (Å²) in [6, 6.07) is 13.7. The third-order valence-electron chi connectivity index (χ3n) is 4.06. The third-order valence-corrected chi connectivity index (χ3v) is 6.42. The lowest BCUT2D eigenvalue weighted by Gasteiger charge is -2.07. The number of sulfonamides is 1. The molecule has 0 aliphatic carbocycles. The van der Waals surface area contributed by atoms with Crippen LogP contribution in [0.15, 0.2) is 65.7 Å². The van der Waals surface area contributed by atoms with E-state index in [9.17, 15) is 17.6 Å². The molecule has 0 atom stereocenters. The number of pyridine rings is 1. The smallest absolute Gasteiger partial charge is 0.286 e. The second-order valence-corrected chi connectivity index (χ2v) is 8.92. The summed E-state index contributed by atoms with van der Waals surface area (Å²) in [5, 5.41) is 11.3. The Labute approximate surface area is 174 Å². The van der Waals surface area contributed by atoms with Gasteiger partial charge in [0.05, 0.1) is 12.1 Å². The van der Waals surface area contributed by atoms with Crippen LogP contribution >= 0.6 is 11.3 Å². The summed E-state index contributed by atoms with van der Waals surface area (Å²) >= 11 is 0.952. The van der Waals surface area contributed by atoms with Crippen LogP contribution in [-0.4, -0.2) is 29.5 Å². The predicted molar refractivity (Wildman–Crippen MR) is 110 cm³/mol. The monoisotopic (exact) mass is 443 g/mol. The zero-order valence-electron chi connectivity index (χ0n) is 15.2. The second kappa shape index (κ2) is 8.22. The zero-order chi connectivity index (χ0) is 21.1. The zero-order valence-corrected chi connectivity index (χ0v) is 16.9. The van der Waals surface area contributed by atoms with Crippen molar-refractivity contribution in [3.8, 4) is 0 Å². The van der Waals surface area contributed by atoms with Crippen LogP contribution in [0.1, 0.15) is 14.8 Å². The van der Waals surface area contributed by atoms with Crippen molar-refractivity contribution in [2.24, 2.45) is 0 Å². The van der Waals surface area contributed by atoms with E-state index in [4.69, 9.17) is 0 Å². The van der Waals surface area contributed by atoms with E-state index in [-0.39, 0.29) is 16.4 Å². The fourth-order valence-corrected chi connectivity index (χ4v) is 4.59. The first-order valence-electron chi connectivity index (χ1n) is 8.65. The fraction of sp³-hybridized carbons (Fsp3) is 0.0526. The number of halogens is 1. The highest BCUT2D eigenvalue weighted by molar-refractivity contribution is 7.89. The van der Waals surface area contributed by atoms with Gasteiger partial charge in [-0.1, -0.05) is 29.5 Å². The molecule has 0 saturated carbocycles. The highest BCUT2D eigenvalue weighted by Gasteiger charge is 2.20. The Morgan fingerprint density at radius 3 is 2.60 bits per heavy atom. The van der Waals surface area contributed by atoms with Crippen molar-refractivity contribution in [1.29, 1.82) is 0 Å². The number of fused-ring (bicyclic) bond motifs is 1. The first-order valence-corrected chi connectivity index (χ1v) is 10.9. The molecule has 0 bridgehead atoms. The van der Waals surface area contributed by atoms with Crippen molar-refractivity contribution in [3.05, 3.63) is 76.6 Å². The van der Waals surface area contributed by atoms with E-state index in [0.29, 0.717) is 21.6 Å². The van der Waals surface area contributed by atoms with E-state index in [1.807, 2.05) is 0 Å². The van der Waals surface area contributed by atoms with Gasteiger partial charge >= 0.3 is 0 Å². The highest BCUT2D eigenvalue weighted by Crippen LogP contribution is 2.21. The number of anilines is 1. The molecule has 1 amide bonds. The molecule has 11 heteroatoms. The molecule has 0 aliphatic heterocycles. The van der Waals surface area contributed by atoms with Gasteiger partial charge in [0, 0.05) is 17.3 Å². The van der Waals surface area contributed by atoms with Crippen LogP contribution in [0.25, 0.3) is 10.9 Å². The molecule has 0 saturated heterocycles. The molecule has 30 heavy (non-hydrogen) atoms. The molecule has 0 spiro atoms. The van der Waals surface area contributed by atoms with Crippen molar-refractivity contribution in [2.45, 2.75) is 11.4 Å². The normalized spacial score (nSPS) is 11.5. The molecule has 8 nitrogen and oxygen atoms in total. The number of carbonyl (C=O) groups excluding carboxylic acids is 1. The quantitative estimate of drug-likeness (QED) is 0.474. The molecule has 0 radical (unpaired) electrons. The van der Waals surface area contributed by atoms with E-state index < -0.39 is 21.7 Å². The lowest BCUT2D eigenvalue weighted by Crippen LogP contribution is -2.23. The largest absolute Gasteiger partial charge is 0.320 e. The van der Waals surface area contributed by atoms with E-state index >= 15 is 0 Å². The average Bonchev–Trinajstić information content (AvgIpc) is 3.23. The van der Waals surface area contributed by atoms with Crippen LogP contribution in [-0.2, 0) is 16.6 Å². The van der Waals surface area contributed by atoms with Crippen LogP contribution in [0, 0.1) is 5.82 Å². The number of rotatable bonds is 6. The van der Waals surface area contributed by atoms with E-state index in [0.717, 1.165) is 11.3 Å². The average molecular weight is 443 g/mol. The number of amides is 1. The number of hydrogen-bond acceptors (Lipinski definition) is 7. The molecule has 0 unspecified atom stereocenters. The molecule has 4 aromatic rings. The standard InChI is InChI=1S/C19H14FN5O3S2/c20-13-6-8-14(9-7-13)23-18(26)19-25-24-16(29-19)11-22-30(27,28)15-5-1-3-12-4-2-10-21-17(12)15/h1-10,22H,11H2,(H,23,26). The minimum atomic E-state index is -3.86. The summed E-state index contributed by atoms with van der Waals surface area (Å²) in [7, 11) is -3.86. The molecule has 2 aromatic carbocycles. The lowest BCUT2D eigenvalue weighted by molar-refractivity contribution is 0.102. The molecule has 152 valence electrons. The number of hydrogen-bond donors (Lipinski definition) is 2. The molecular weight excluding hydrogens is 429 g/mol. The van der Waals surface area contributed by atoms with Crippen LogP contribution in [0.5, 0.6) is 0 Å². The maximum Gasteiger partial charge on any atom is 0.286 e. The Morgan fingerprint density at radius 2 is 1.80 bits per heavy atom. The van der Waals surface area contributed by atoms with Gasteiger partial charge in [-0.2, -0.15) is 0 Å². The molecule has 2 heterocycles. The first kappa shape index (κ1) is 20.0. The van der Waals surface area contributed by atoms with Crippen molar-refractivity contribution in [1.82, 2.24) is 19.9 Å². The van der Waals surface area contributed by atoms with Crippen LogP contribution in [0.4, 0.5) is 10.1 Å². The molecule has 4 rings (SSSR count). The van der Waals surface area contributed by atoms with Gasteiger partial charge in [0.1, 0.15) is 15.7 Å². The minimum Gasteiger partial charge on any atom is -0.320 e. The van der Waals surface area contributed by atoms with Crippen molar-refractivity contribution >= 4 is 43.9 Å². The van der Waals surface area contributed by atoms with E-state index in [2.05, 4.69) is 25.2 Å².